The Balaban J connectivity index is 1.73. The van der Waals surface area contributed by atoms with Crippen LogP contribution in [0.2, 0.25) is 0 Å². The van der Waals surface area contributed by atoms with Gasteiger partial charge in [-0.15, -0.1) is 10.2 Å². The first-order valence-corrected chi connectivity index (χ1v) is 12.6. The molecule has 0 unspecified atom stereocenters. The number of hydrogen-bond acceptors (Lipinski definition) is 4. The normalized spacial score (nSPS) is 16.8. The van der Waals surface area contributed by atoms with Gasteiger partial charge >= 0.3 is 0 Å². The summed E-state index contributed by atoms with van der Waals surface area (Å²) < 4.78 is 4.00. The summed E-state index contributed by atoms with van der Waals surface area (Å²) in [5, 5.41) is 9.84. The minimum atomic E-state index is -0.106. The highest BCUT2D eigenvalue weighted by molar-refractivity contribution is 7.98. The Bertz CT molecular complexity index is 1370. The lowest BCUT2D eigenvalue weighted by molar-refractivity contribution is 0.283. The fourth-order valence-corrected chi connectivity index (χ4v) is 6.34. The first kappa shape index (κ1) is 19.8. The van der Waals surface area contributed by atoms with Gasteiger partial charge in [0.15, 0.2) is 5.16 Å². The molecule has 2 heterocycles. The second-order valence-electron chi connectivity index (χ2n) is 9.10. The summed E-state index contributed by atoms with van der Waals surface area (Å²) >= 11 is 1.58. The molecule has 2 aromatic heterocycles. The first-order chi connectivity index (χ1) is 15.7. The molecule has 2 aliphatic carbocycles. The fraction of sp³-hybridized carbons (Fsp3) is 0.346. The molecule has 0 N–H and O–H groups in total. The largest absolute Gasteiger partial charge is 0.272 e. The van der Waals surface area contributed by atoms with E-state index >= 15 is 0 Å². The monoisotopic (exact) mass is 442 g/mol. The summed E-state index contributed by atoms with van der Waals surface area (Å²) in [5.74, 6) is 0.629. The Morgan fingerprint density at radius 3 is 2.50 bits per heavy atom. The molecular weight excluding hydrogens is 416 g/mol. The van der Waals surface area contributed by atoms with Gasteiger partial charge in [0, 0.05) is 16.5 Å². The highest BCUT2D eigenvalue weighted by Crippen LogP contribution is 2.49. The molecule has 162 valence electrons. The average molecular weight is 443 g/mol. The van der Waals surface area contributed by atoms with Gasteiger partial charge in [-0.1, -0.05) is 85.6 Å². The second kappa shape index (κ2) is 7.62. The van der Waals surface area contributed by atoms with Crippen LogP contribution >= 0.6 is 11.8 Å². The van der Waals surface area contributed by atoms with Crippen LogP contribution in [0.15, 0.2) is 64.5 Å². The van der Waals surface area contributed by atoms with Gasteiger partial charge in [-0.25, -0.2) is 0 Å². The van der Waals surface area contributed by atoms with Gasteiger partial charge in [0.1, 0.15) is 0 Å². The number of nitrogens with zero attached hydrogens (tertiary/aromatic N) is 4. The molecule has 2 aromatic carbocycles. The molecule has 0 aliphatic heterocycles. The van der Waals surface area contributed by atoms with E-state index in [1.807, 2.05) is 29.0 Å². The highest BCUT2D eigenvalue weighted by atomic mass is 32.2. The molecule has 0 radical (unpaired) electrons. The number of rotatable bonds is 3. The van der Waals surface area contributed by atoms with Crippen molar-refractivity contribution in [1.82, 2.24) is 19.2 Å². The Labute approximate surface area is 191 Å². The summed E-state index contributed by atoms with van der Waals surface area (Å²) in [5.41, 5.74) is 5.59. The van der Waals surface area contributed by atoms with Crippen LogP contribution in [-0.2, 0) is 18.4 Å². The molecule has 1 fully saturated rings. The molecule has 32 heavy (non-hydrogen) atoms. The zero-order chi connectivity index (χ0) is 21.7. The van der Waals surface area contributed by atoms with Crippen molar-refractivity contribution in [1.29, 1.82) is 0 Å². The van der Waals surface area contributed by atoms with E-state index in [0.717, 1.165) is 46.8 Å². The SMILES string of the molecule is CSc1nnc2n(Cc3ccccc3)c(=O)c3c(n12)-c1ccccc1CC31CCCCC1. The van der Waals surface area contributed by atoms with Gasteiger partial charge in [-0.3, -0.25) is 13.8 Å². The van der Waals surface area contributed by atoms with Crippen LogP contribution in [-0.4, -0.2) is 25.4 Å². The number of fused-ring (bicyclic) bond motifs is 6. The third-order valence-electron chi connectivity index (χ3n) is 7.29. The van der Waals surface area contributed by atoms with Crippen LogP contribution in [0.1, 0.15) is 48.8 Å². The highest BCUT2D eigenvalue weighted by Gasteiger charge is 2.44. The lowest BCUT2D eigenvalue weighted by Crippen LogP contribution is -2.43. The maximum atomic E-state index is 14.3. The van der Waals surface area contributed by atoms with Crippen molar-refractivity contribution in [3.8, 4) is 11.3 Å². The van der Waals surface area contributed by atoms with Crippen molar-refractivity contribution in [2.24, 2.45) is 0 Å². The van der Waals surface area contributed by atoms with Gasteiger partial charge in [-0.05, 0) is 36.6 Å². The van der Waals surface area contributed by atoms with E-state index in [9.17, 15) is 4.79 Å². The minimum Gasteiger partial charge on any atom is -0.272 e. The smallest absolute Gasteiger partial charge is 0.259 e. The maximum Gasteiger partial charge on any atom is 0.259 e. The van der Waals surface area contributed by atoms with Crippen molar-refractivity contribution in [3.05, 3.63) is 81.6 Å². The molecule has 6 heteroatoms. The number of aromatic nitrogens is 4. The average Bonchev–Trinajstić information content (AvgIpc) is 3.26. The van der Waals surface area contributed by atoms with Crippen LogP contribution in [0.5, 0.6) is 0 Å². The number of benzene rings is 2. The third-order valence-corrected chi connectivity index (χ3v) is 7.91. The molecule has 5 nitrogen and oxygen atoms in total. The third kappa shape index (κ3) is 2.89. The predicted octanol–water partition coefficient (Wildman–Crippen LogP) is 5.09. The van der Waals surface area contributed by atoms with Gasteiger partial charge in [0.25, 0.3) is 5.56 Å². The van der Waals surface area contributed by atoms with Crippen LogP contribution in [0.4, 0.5) is 0 Å². The summed E-state index contributed by atoms with van der Waals surface area (Å²) in [4.78, 5) is 14.3. The number of hydrogen-bond donors (Lipinski definition) is 0. The molecule has 6 rings (SSSR count). The lowest BCUT2D eigenvalue weighted by Gasteiger charge is -2.42. The van der Waals surface area contributed by atoms with E-state index in [2.05, 4.69) is 51.0 Å². The standard InChI is InChI=1S/C26H26N4OS/c1-32-25-28-27-24-29(17-18-10-4-2-5-11-18)23(31)21-22(30(24)25)20-13-7-6-12-19(20)16-26(21)14-8-3-9-15-26/h2,4-7,10-13H,3,8-9,14-17H2,1H3. The molecule has 2 aliphatic rings. The van der Waals surface area contributed by atoms with Crippen molar-refractivity contribution < 1.29 is 0 Å². The minimum absolute atomic E-state index is 0.104. The topological polar surface area (TPSA) is 52.2 Å². The summed E-state index contributed by atoms with van der Waals surface area (Å²) in [6.45, 7) is 0.501. The summed E-state index contributed by atoms with van der Waals surface area (Å²) in [6.07, 6.45) is 8.71. The van der Waals surface area contributed by atoms with Gasteiger partial charge in [0.05, 0.1) is 12.2 Å². The van der Waals surface area contributed by atoms with E-state index in [0.29, 0.717) is 12.3 Å². The van der Waals surface area contributed by atoms with Crippen LogP contribution in [0.25, 0.3) is 17.0 Å². The molecule has 1 spiro atoms. The second-order valence-corrected chi connectivity index (χ2v) is 9.87. The zero-order valence-corrected chi connectivity index (χ0v) is 19.1. The molecule has 1 saturated carbocycles. The first-order valence-electron chi connectivity index (χ1n) is 11.4. The van der Waals surface area contributed by atoms with Crippen molar-refractivity contribution in [2.45, 2.75) is 55.6 Å². The molecule has 4 aromatic rings. The van der Waals surface area contributed by atoms with Crippen molar-refractivity contribution >= 4 is 17.5 Å². The molecular formula is C26H26N4OS. The Hall–Kier alpha value is -2.86. The quantitative estimate of drug-likeness (QED) is 0.415. The molecule has 0 saturated heterocycles. The van der Waals surface area contributed by atoms with Crippen LogP contribution in [0.3, 0.4) is 0 Å². The van der Waals surface area contributed by atoms with Gasteiger partial charge in [0.2, 0.25) is 5.78 Å². The fourth-order valence-electron chi connectivity index (χ4n) is 5.86. The van der Waals surface area contributed by atoms with E-state index in [1.54, 1.807) is 11.8 Å². The number of thioether (sulfide) groups is 1. The lowest BCUT2D eigenvalue weighted by atomic mass is 9.62. The van der Waals surface area contributed by atoms with E-state index in [4.69, 9.17) is 0 Å². The van der Waals surface area contributed by atoms with Gasteiger partial charge in [-0.2, -0.15) is 0 Å². The van der Waals surface area contributed by atoms with E-state index in [-0.39, 0.29) is 11.0 Å². The molecule has 0 amide bonds. The van der Waals surface area contributed by atoms with Crippen LogP contribution < -0.4 is 5.56 Å². The Morgan fingerprint density at radius 1 is 0.969 bits per heavy atom. The maximum absolute atomic E-state index is 14.3. The Kier molecular flexibility index (Phi) is 4.72. The molecule has 0 bridgehead atoms. The Morgan fingerprint density at radius 2 is 1.72 bits per heavy atom. The summed E-state index contributed by atoms with van der Waals surface area (Å²) in [7, 11) is 0. The van der Waals surface area contributed by atoms with E-state index < -0.39 is 0 Å². The summed E-state index contributed by atoms with van der Waals surface area (Å²) in [6, 6.07) is 18.8. The van der Waals surface area contributed by atoms with Crippen molar-refractivity contribution in [3.63, 3.8) is 0 Å². The van der Waals surface area contributed by atoms with Gasteiger partial charge < -0.3 is 0 Å². The molecule has 0 atom stereocenters. The van der Waals surface area contributed by atoms with Crippen LogP contribution in [0, 0.1) is 0 Å². The predicted molar refractivity (Wildman–Crippen MR) is 128 cm³/mol. The zero-order valence-electron chi connectivity index (χ0n) is 18.3. The van der Waals surface area contributed by atoms with Crippen molar-refractivity contribution in [2.75, 3.05) is 6.26 Å². The van der Waals surface area contributed by atoms with E-state index in [1.165, 1.54) is 24.8 Å².